The Morgan fingerprint density at radius 1 is 1.10 bits per heavy atom. The molecule has 31 heavy (non-hydrogen) atoms. The summed E-state index contributed by atoms with van der Waals surface area (Å²) in [5.41, 5.74) is 0.389. The van der Waals surface area contributed by atoms with Crippen LogP contribution in [0.3, 0.4) is 0 Å². The molecule has 2 N–H and O–H groups in total. The zero-order valence-electron chi connectivity index (χ0n) is 17.6. The van der Waals surface area contributed by atoms with E-state index in [1.165, 1.54) is 24.3 Å². The first kappa shape index (κ1) is 21.7. The molecule has 1 saturated heterocycles. The van der Waals surface area contributed by atoms with Gasteiger partial charge in [-0.25, -0.2) is 4.39 Å². The van der Waals surface area contributed by atoms with Gasteiger partial charge in [-0.2, -0.15) is 0 Å². The zero-order chi connectivity index (χ0) is 21.8. The SMILES string of the molecule is COC1CCN([C@@H]2[C@@H](O)[C@H](Oc3ccccc3)C[C@H]2NC(=O)c2ccc(F)cc2)CC1. The molecule has 1 amide bonds. The van der Waals surface area contributed by atoms with Crippen LogP contribution in [0.25, 0.3) is 0 Å². The first-order valence-electron chi connectivity index (χ1n) is 10.8. The van der Waals surface area contributed by atoms with Crippen LogP contribution >= 0.6 is 0 Å². The second-order valence-electron chi connectivity index (χ2n) is 8.24. The fourth-order valence-electron chi connectivity index (χ4n) is 4.66. The average Bonchev–Trinajstić information content (AvgIpc) is 3.09. The average molecular weight is 429 g/mol. The molecule has 1 aliphatic heterocycles. The maximum absolute atomic E-state index is 13.2. The third-order valence-corrected chi connectivity index (χ3v) is 6.31. The summed E-state index contributed by atoms with van der Waals surface area (Å²) < 4.78 is 24.8. The Kier molecular flexibility index (Phi) is 6.85. The fourth-order valence-corrected chi connectivity index (χ4v) is 4.66. The van der Waals surface area contributed by atoms with Crippen molar-refractivity contribution < 1.29 is 23.8 Å². The van der Waals surface area contributed by atoms with Crippen LogP contribution in [0.4, 0.5) is 4.39 Å². The van der Waals surface area contributed by atoms with Gasteiger partial charge in [0, 0.05) is 32.2 Å². The lowest BCUT2D eigenvalue weighted by Gasteiger charge is -2.39. The molecule has 0 bridgehead atoms. The summed E-state index contributed by atoms with van der Waals surface area (Å²) in [6.07, 6.45) is 1.27. The summed E-state index contributed by atoms with van der Waals surface area (Å²) in [5.74, 6) is 0.0197. The van der Waals surface area contributed by atoms with Crippen LogP contribution in [0.1, 0.15) is 29.6 Å². The van der Waals surface area contributed by atoms with E-state index in [0.29, 0.717) is 17.7 Å². The van der Waals surface area contributed by atoms with E-state index in [1.54, 1.807) is 7.11 Å². The van der Waals surface area contributed by atoms with Crippen molar-refractivity contribution in [2.24, 2.45) is 0 Å². The van der Waals surface area contributed by atoms with E-state index in [-0.39, 0.29) is 29.9 Å². The third-order valence-electron chi connectivity index (χ3n) is 6.31. The van der Waals surface area contributed by atoms with Crippen LogP contribution in [0, 0.1) is 5.82 Å². The lowest BCUT2D eigenvalue weighted by Crippen LogP contribution is -2.56. The molecule has 1 aliphatic carbocycles. The molecule has 0 aromatic heterocycles. The van der Waals surface area contributed by atoms with Crippen LogP contribution in [0.15, 0.2) is 54.6 Å². The maximum Gasteiger partial charge on any atom is 0.251 e. The number of hydrogen-bond donors (Lipinski definition) is 2. The van der Waals surface area contributed by atoms with Crippen molar-refractivity contribution in [2.75, 3.05) is 20.2 Å². The molecule has 0 radical (unpaired) electrons. The molecule has 1 heterocycles. The van der Waals surface area contributed by atoms with Gasteiger partial charge in [-0.1, -0.05) is 18.2 Å². The third kappa shape index (κ3) is 5.06. The summed E-state index contributed by atoms with van der Waals surface area (Å²) in [7, 11) is 1.72. The van der Waals surface area contributed by atoms with Crippen molar-refractivity contribution in [3.63, 3.8) is 0 Å². The molecule has 2 fully saturated rings. The van der Waals surface area contributed by atoms with Crippen molar-refractivity contribution in [3.8, 4) is 5.75 Å². The minimum Gasteiger partial charge on any atom is -0.488 e. The van der Waals surface area contributed by atoms with Crippen LogP contribution in [-0.2, 0) is 4.74 Å². The highest BCUT2D eigenvalue weighted by molar-refractivity contribution is 5.94. The number of benzene rings is 2. The number of likely N-dealkylation sites (tertiary alicyclic amines) is 1. The molecule has 7 heteroatoms. The van der Waals surface area contributed by atoms with Gasteiger partial charge in [0.2, 0.25) is 0 Å². The molecule has 1 saturated carbocycles. The van der Waals surface area contributed by atoms with E-state index in [2.05, 4.69) is 10.2 Å². The second kappa shape index (κ2) is 9.77. The lowest BCUT2D eigenvalue weighted by atomic mass is 10.0. The molecular weight excluding hydrogens is 399 g/mol. The van der Waals surface area contributed by atoms with Gasteiger partial charge >= 0.3 is 0 Å². The molecule has 2 aliphatic rings. The number of nitrogens with one attached hydrogen (secondary N) is 1. The molecule has 4 rings (SSSR count). The van der Waals surface area contributed by atoms with Gasteiger partial charge in [0.05, 0.1) is 18.2 Å². The van der Waals surface area contributed by atoms with Crippen LogP contribution in [-0.4, -0.2) is 66.5 Å². The van der Waals surface area contributed by atoms with Gasteiger partial charge in [-0.05, 0) is 49.2 Å². The number of rotatable bonds is 6. The fraction of sp³-hybridized carbons (Fsp3) is 0.458. The van der Waals surface area contributed by atoms with E-state index in [0.717, 1.165) is 25.9 Å². The molecule has 2 aromatic rings. The normalized spacial score (nSPS) is 27.2. The van der Waals surface area contributed by atoms with Crippen LogP contribution in [0.5, 0.6) is 5.75 Å². The summed E-state index contributed by atoms with van der Waals surface area (Å²) in [6.45, 7) is 1.56. The smallest absolute Gasteiger partial charge is 0.251 e. The number of ether oxygens (including phenoxy) is 2. The van der Waals surface area contributed by atoms with E-state index in [4.69, 9.17) is 9.47 Å². The minimum absolute atomic E-state index is 0.221. The Hall–Kier alpha value is -2.48. The highest BCUT2D eigenvalue weighted by Gasteiger charge is 2.48. The number of carbonyl (C=O) groups is 1. The monoisotopic (exact) mass is 428 g/mol. The molecule has 166 valence electrons. The number of aliphatic hydroxyl groups is 1. The second-order valence-corrected chi connectivity index (χ2v) is 8.24. The van der Waals surface area contributed by atoms with Crippen LogP contribution in [0.2, 0.25) is 0 Å². The van der Waals surface area contributed by atoms with Crippen LogP contribution < -0.4 is 10.1 Å². The standard InChI is InChI=1S/C24H29FN2O4/c1-30-18-11-13-27(14-12-18)22-20(26-24(29)16-7-9-17(25)10-8-16)15-21(23(22)28)31-19-5-3-2-4-6-19/h2-10,18,20-23,28H,11-15H2,1H3,(H,26,29)/t20-,21-,22+,23+/m1/s1. The number of hydrogen-bond acceptors (Lipinski definition) is 5. The maximum atomic E-state index is 13.2. The molecule has 6 nitrogen and oxygen atoms in total. The summed E-state index contributed by atoms with van der Waals surface area (Å²) in [6, 6.07) is 14.3. The van der Waals surface area contributed by atoms with Gasteiger partial charge < -0.3 is 19.9 Å². The number of piperidine rings is 1. The number of amides is 1. The Bertz CT molecular complexity index is 856. The van der Waals surface area contributed by atoms with Crippen molar-refractivity contribution in [1.29, 1.82) is 0 Å². The largest absolute Gasteiger partial charge is 0.488 e. The van der Waals surface area contributed by atoms with Gasteiger partial charge in [-0.3, -0.25) is 9.69 Å². The number of aliphatic hydroxyl groups excluding tert-OH is 1. The van der Waals surface area contributed by atoms with Crippen molar-refractivity contribution in [3.05, 3.63) is 66.0 Å². The summed E-state index contributed by atoms with van der Waals surface area (Å²) in [4.78, 5) is 15.0. The Balaban J connectivity index is 1.51. The van der Waals surface area contributed by atoms with Gasteiger partial charge in [0.15, 0.2) is 0 Å². The number of nitrogens with zero attached hydrogens (tertiary/aromatic N) is 1. The molecule has 4 atom stereocenters. The molecular formula is C24H29FN2O4. The predicted molar refractivity (Wildman–Crippen MR) is 115 cm³/mol. The first-order chi connectivity index (χ1) is 15.0. The highest BCUT2D eigenvalue weighted by Crippen LogP contribution is 2.31. The van der Waals surface area contributed by atoms with E-state index in [1.807, 2.05) is 30.3 Å². The Morgan fingerprint density at radius 2 is 1.77 bits per heavy atom. The topological polar surface area (TPSA) is 71.0 Å². The van der Waals surface area contributed by atoms with Crippen molar-refractivity contribution in [1.82, 2.24) is 10.2 Å². The summed E-state index contributed by atoms with van der Waals surface area (Å²) >= 11 is 0. The number of methoxy groups -OCH3 is 1. The summed E-state index contributed by atoms with van der Waals surface area (Å²) in [5, 5.41) is 14.2. The zero-order valence-corrected chi connectivity index (χ0v) is 17.6. The number of halogens is 1. The quantitative estimate of drug-likeness (QED) is 0.740. The van der Waals surface area contributed by atoms with Crippen molar-refractivity contribution >= 4 is 5.91 Å². The minimum atomic E-state index is -0.752. The lowest BCUT2D eigenvalue weighted by molar-refractivity contribution is -0.0228. The molecule has 0 unspecified atom stereocenters. The van der Waals surface area contributed by atoms with Crippen molar-refractivity contribution in [2.45, 2.75) is 49.7 Å². The first-order valence-corrected chi connectivity index (χ1v) is 10.8. The van der Waals surface area contributed by atoms with Gasteiger partial charge in [0.25, 0.3) is 5.91 Å². The van der Waals surface area contributed by atoms with Gasteiger partial charge in [-0.15, -0.1) is 0 Å². The predicted octanol–water partition coefficient (Wildman–Crippen LogP) is 2.62. The van der Waals surface area contributed by atoms with E-state index < -0.39 is 12.2 Å². The van der Waals surface area contributed by atoms with E-state index in [9.17, 15) is 14.3 Å². The Morgan fingerprint density at radius 3 is 2.42 bits per heavy atom. The number of para-hydroxylation sites is 1. The molecule has 0 spiro atoms. The van der Waals surface area contributed by atoms with Gasteiger partial charge in [0.1, 0.15) is 23.8 Å². The molecule has 2 aromatic carbocycles. The highest BCUT2D eigenvalue weighted by atomic mass is 19.1. The number of carbonyl (C=O) groups excluding carboxylic acids is 1. The van der Waals surface area contributed by atoms with E-state index >= 15 is 0 Å². The Labute approximate surface area is 182 Å².